The van der Waals surface area contributed by atoms with Gasteiger partial charge in [-0.05, 0) is 27.2 Å². The van der Waals surface area contributed by atoms with Gasteiger partial charge in [0.1, 0.15) is 9.84 Å². The van der Waals surface area contributed by atoms with Gasteiger partial charge in [-0.1, -0.05) is 0 Å². The minimum atomic E-state index is -3.10. The Morgan fingerprint density at radius 2 is 1.94 bits per heavy atom. The van der Waals surface area contributed by atoms with Crippen molar-refractivity contribution < 1.29 is 18.0 Å². The molecule has 0 aromatic rings. The molecule has 16 heavy (non-hydrogen) atoms. The second-order valence-electron chi connectivity index (χ2n) is 4.71. The van der Waals surface area contributed by atoms with E-state index in [1.165, 1.54) is 0 Å². The van der Waals surface area contributed by atoms with Crippen LogP contribution in [0.25, 0.3) is 0 Å². The highest BCUT2D eigenvalue weighted by atomic mass is 32.2. The highest BCUT2D eigenvalue weighted by molar-refractivity contribution is 7.90. The number of amides is 1. The van der Waals surface area contributed by atoms with Gasteiger partial charge in [-0.3, -0.25) is 9.63 Å². The number of nitrogens with two attached hydrogens (primary N) is 1. The van der Waals surface area contributed by atoms with Gasteiger partial charge in [0.2, 0.25) is 0 Å². The lowest BCUT2D eigenvalue weighted by Gasteiger charge is -2.20. The molecule has 0 saturated carbocycles. The molecule has 0 heterocycles. The number of sulfone groups is 1. The molecule has 0 spiro atoms. The summed E-state index contributed by atoms with van der Waals surface area (Å²) in [6.07, 6.45) is 1.18. The molecule has 0 radical (unpaired) electrons. The summed E-state index contributed by atoms with van der Waals surface area (Å²) in [5, 5.41) is 0. The second kappa shape index (κ2) is 5.60. The summed E-state index contributed by atoms with van der Waals surface area (Å²) < 4.78 is 21.7. The predicted octanol–water partition coefficient (Wildman–Crippen LogP) is -0.405. The van der Waals surface area contributed by atoms with Crippen LogP contribution in [0.15, 0.2) is 0 Å². The zero-order chi connectivity index (χ0) is 13.0. The average molecular weight is 252 g/mol. The molecule has 7 heteroatoms. The third-order valence-corrected chi connectivity index (χ3v) is 2.57. The first-order chi connectivity index (χ1) is 7.01. The monoisotopic (exact) mass is 252 g/mol. The largest absolute Gasteiger partial charge is 0.320 e. The van der Waals surface area contributed by atoms with Gasteiger partial charge in [-0.25, -0.2) is 13.9 Å². The van der Waals surface area contributed by atoms with Crippen molar-refractivity contribution in [3.8, 4) is 0 Å². The van der Waals surface area contributed by atoms with Crippen molar-refractivity contribution in [3.63, 3.8) is 0 Å². The SMILES string of the molecule is CC(C)(C)ONC(=O)C(N)CCS(C)(=O)=O. The van der Waals surface area contributed by atoms with E-state index < -0.39 is 27.4 Å². The molecule has 6 nitrogen and oxygen atoms in total. The Balaban J connectivity index is 4.01. The Morgan fingerprint density at radius 1 is 1.44 bits per heavy atom. The lowest BCUT2D eigenvalue weighted by Crippen LogP contribution is -2.44. The van der Waals surface area contributed by atoms with E-state index in [1.807, 2.05) is 0 Å². The third-order valence-electron chi connectivity index (χ3n) is 1.59. The molecule has 0 fully saturated rings. The molecule has 0 aliphatic carbocycles. The number of nitrogens with one attached hydrogen (secondary N) is 1. The molecule has 96 valence electrons. The van der Waals surface area contributed by atoms with Crippen LogP contribution < -0.4 is 11.2 Å². The fraction of sp³-hybridized carbons (Fsp3) is 0.889. The maximum atomic E-state index is 11.4. The number of hydrogen-bond acceptors (Lipinski definition) is 5. The summed E-state index contributed by atoms with van der Waals surface area (Å²) in [5.41, 5.74) is 7.19. The zero-order valence-corrected chi connectivity index (χ0v) is 10.9. The molecule has 0 aromatic heterocycles. The van der Waals surface area contributed by atoms with Crippen LogP contribution in [0.1, 0.15) is 27.2 Å². The summed E-state index contributed by atoms with van der Waals surface area (Å²) in [5.74, 6) is -0.629. The number of carbonyl (C=O) groups excluding carboxylic acids is 1. The van der Waals surface area contributed by atoms with Gasteiger partial charge in [-0.2, -0.15) is 0 Å². The van der Waals surface area contributed by atoms with Crippen molar-refractivity contribution in [3.05, 3.63) is 0 Å². The molecule has 3 N–H and O–H groups in total. The van der Waals surface area contributed by atoms with Crippen LogP contribution in [-0.2, 0) is 19.5 Å². The minimum Gasteiger partial charge on any atom is -0.320 e. The average Bonchev–Trinajstić information content (AvgIpc) is 2.07. The lowest BCUT2D eigenvalue weighted by atomic mass is 10.2. The van der Waals surface area contributed by atoms with Gasteiger partial charge >= 0.3 is 0 Å². The zero-order valence-electron chi connectivity index (χ0n) is 10.1. The summed E-state index contributed by atoms with van der Waals surface area (Å²) in [6, 6.07) is -0.878. The quantitative estimate of drug-likeness (QED) is 0.648. The van der Waals surface area contributed by atoms with Crippen molar-refractivity contribution >= 4 is 15.7 Å². The maximum Gasteiger partial charge on any atom is 0.260 e. The topological polar surface area (TPSA) is 98.5 Å². The molecule has 0 bridgehead atoms. The van der Waals surface area contributed by atoms with E-state index in [-0.39, 0.29) is 12.2 Å². The van der Waals surface area contributed by atoms with E-state index in [9.17, 15) is 13.2 Å². The van der Waals surface area contributed by atoms with Crippen molar-refractivity contribution in [2.45, 2.75) is 38.8 Å². The Kier molecular flexibility index (Phi) is 5.37. The summed E-state index contributed by atoms with van der Waals surface area (Å²) in [7, 11) is -3.10. The lowest BCUT2D eigenvalue weighted by molar-refractivity contribution is -0.146. The number of rotatable bonds is 5. The predicted molar refractivity (Wildman–Crippen MR) is 61.3 cm³/mol. The van der Waals surface area contributed by atoms with E-state index >= 15 is 0 Å². The van der Waals surface area contributed by atoms with Crippen LogP contribution in [-0.4, -0.2) is 38.0 Å². The van der Waals surface area contributed by atoms with Gasteiger partial charge in [0.15, 0.2) is 0 Å². The fourth-order valence-electron chi connectivity index (χ4n) is 0.751. The first-order valence-corrected chi connectivity index (χ1v) is 6.98. The summed E-state index contributed by atoms with van der Waals surface area (Å²) >= 11 is 0. The van der Waals surface area contributed by atoms with Crippen LogP contribution in [0, 0.1) is 0 Å². The molecular weight excluding hydrogens is 232 g/mol. The molecule has 1 atom stereocenters. The molecule has 1 amide bonds. The van der Waals surface area contributed by atoms with Gasteiger partial charge in [-0.15, -0.1) is 0 Å². The van der Waals surface area contributed by atoms with Crippen LogP contribution in [0.4, 0.5) is 0 Å². The summed E-state index contributed by atoms with van der Waals surface area (Å²) in [4.78, 5) is 16.4. The number of carbonyl (C=O) groups is 1. The third kappa shape index (κ3) is 8.63. The van der Waals surface area contributed by atoms with Crippen LogP contribution in [0.5, 0.6) is 0 Å². The smallest absolute Gasteiger partial charge is 0.260 e. The molecular formula is C9H20N2O4S. The van der Waals surface area contributed by atoms with Gasteiger partial charge < -0.3 is 5.73 Å². The number of hydrogen-bond donors (Lipinski definition) is 2. The maximum absolute atomic E-state index is 11.4. The second-order valence-corrected chi connectivity index (χ2v) is 6.97. The molecule has 0 rings (SSSR count). The highest BCUT2D eigenvalue weighted by Gasteiger charge is 2.18. The van der Waals surface area contributed by atoms with Gasteiger partial charge in [0, 0.05) is 6.26 Å². The minimum absolute atomic E-state index is 0.0815. The van der Waals surface area contributed by atoms with Crippen LogP contribution in [0.2, 0.25) is 0 Å². The van der Waals surface area contributed by atoms with Crippen molar-refractivity contribution in [1.82, 2.24) is 5.48 Å². The van der Waals surface area contributed by atoms with E-state index in [4.69, 9.17) is 10.6 Å². The van der Waals surface area contributed by atoms with Crippen LogP contribution in [0.3, 0.4) is 0 Å². The van der Waals surface area contributed by atoms with E-state index in [0.717, 1.165) is 6.26 Å². The van der Waals surface area contributed by atoms with Gasteiger partial charge in [0.05, 0.1) is 17.4 Å². The molecule has 1 unspecified atom stereocenters. The molecule has 0 saturated heterocycles. The van der Waals surface area contributed by atoms with E-state index in [1.54, 1.807) is 20.8 Å². The highest BCUT2D eigenvalue weighted by Crippen LogP contribution is 2.04. The number of hydroxylamine groups is 1. The Morgan fingerprint density at radius 3 is 2.31 bits per heavy atom. The van der Waals surface area contributed by atoms with Gasteiger partial charge in [0.25, 0.3) is 5.91 Å². The Labute approximate surface area is 96.4 Å². The first-order valence-electron chi connectivity index (χ1n) is 4.92. The Bertz CT molecular complexity index is 332. The van der Waals surface area contributed by atoms with Crippen molar-refractivity contribution in [2.75, 3.05) is 12.0 Å². The molecule has 0 aliphatic heterocycles. The van der Waals surface area contributed by atoms with Crippen molar-refractivity contribution in [1.29, 1.82) is 0 Å². The first kappa shape index (κ1) is 15.3. The summed E-state index contributed by atoms with van der Waals surface area (Å²) in [6.45, 7) is 5.32. The molecule has 0 aromatic carbocycles. The van der Waals surface area contributed by atoms with Crippen molar-refractivity contribution in [2.24, 2.45) is 5.73 Å². The standard InChI is InChI=1S/C9H20N2O4S/c1-9(2,3)15-11-8(12)7(10)5-6-16(4,13)14/h7H,5-6,10H2,1-4H3,(H,11,12). The van der Waals surface area contributed by atoms with E-state index in [0.29, 0.717) is 0 Å². The molecule has 0 aliphatic rings. The van der Waals surface area contributed by atoms with Crippen LogP contribution >= 0.6 is 0 Å². The fourth-order valence-corrected chi connectivity index (χ4v) is 1.43. The van der Waals surface area contributed by atoms with E-state index in [2.05, 4.69) is 5.48 Å². The normalized spacial score (nSPS) is 14.6. The Hall–Kier alpha value is -0.660.